The van der Waals surface area contributed by atoms with Gasteiger partial charge in [0, 0.05) is 55.8 Å². The average molecular weight is 552 g/mol. The normalized spacial score (nSPS) is 16.9. The predicted octanol–water partition coefficient (Wildman–Crippen LogP) is 5.95. The molecule has 6 rings (SSSR count). The quantitative estimate of drug-likeness (QED) is 0.296. The number of hydrogen-bond acceptors (Lipinski definition) is 5. The van der Waals surface area contributed by atoms with E-state index < -0.39 is 0 Å². The van der Waals surface area contributed by atoms with Gasteiger partial charge in [-0.15, -0.1) is 10.2 Å². The van der Waals surface area contributed by atoms with E-state index in [9.17, 15) is 4.79 Å². The Morgan fingerprint density at radius 3 is 1.85 bits per heavy atom. The minimum atomic E-state index is 0.0724. The maximum absolute atomic E-state index is 13.5. The number of carbonyl (C=O) groups excluding carboxylic acids is 1. The Hall–Kier alpha value is -3.74. The van der Waals surface area contributed by atoms with Gasteiger partial charge >= 0.3 is 0 Å². The number of aromatic nitrogens is 2. The van der Waals surface area contributed by atoms with Gasteiger partial charge in [-0.3, -0.25) is 9.69 Å². The Balaban J connectivity index is 1.03. The van der Waals surface area contributed by atoms with Crippen molar-refractivity contribution in [3.8, 4) is 11.3 Å². The van der Waals surface area contributed by atoms with Crippen LogP contribution < -0.4 is 4.90 Å². The van der Waals surface area contributed by atoms with Crippen molar-refractivity contribution >= 4 is 23.3 Å². The van der Waals surface area contributed by atoms with Gasteiger partial charge in [-0.2, -0.15) is 0 Å². The van der Waals surface area contributed by atoms with Crippen LogP contribution in [0.3, 0.4) is 0 Å². The van der Waals surface area contributed by atoms with E-state index in [0.717, 1.165) is 69.2 Å². The van der Waals surface area contributed by atoms with Crippen LogP contribution in [0.2, 0.25) is 5.02 Å². The second-order valence-corrected chi connectivity index (χ2v) is 11.1. The third-order valence-corrected chi connectivity index (χ3v) is 8.43. The summed E-state index contributed by atoms with van der Waals surface area (Å²) in [6.45, 7) is 4.91. The SMILES string of the molecule is O=C(C1CCN(c2ccc(-c3ccc(Cl)cc3)nn2)CC1)N1CCN(C(c2ccccc2)c2ccccc2)CC1. The van der Waals surface area contributed by atoms with Crippen LogP contribution in [-0.2, 0) is 4.79 Å². The second kappa shape index (κ2) is 12.2. The number of carbonyl (C=O) groups is 1. The zero-order chi connectivity index (χ0) is 27.3. The summed E-state index contributed by atoms with van der Waals surface area (Å²) < 4.78 is 0. The number of amides is 1. The Bertz CT molecular complexity index is 1340. The molecule has 2 fully saturated rings. The lowest BCUT2D eigenvalue weighted by atomic mass is 9.94. The van der Waals surface area contributed by atoms with Gasteiger partial charge in [-0.25, -0.2) is 0 Å². The number of piperazine rings is 1. The first-order valence-electron chi connectivity index (χ1n) is 14.1. The first-order chi connectivity index (χ1) is 19.7. The maximum Gasteiger partial charge on any atom is 0.225 e. The number of halogens is 1. The molecule has 1 aromatic heterocycles. The molecule has 6 nitrogen and oxygen atoms in total. The zero-order valence-electron chi connectivity index (χ0n) is 22.6. The topological polar surface area (TPSA) is 52.6 Å². The molecule has 3 aromatic carbocycles. The Labute approximate surface area is 241 Å². The molecular formula is C33H34ClN5O. The van der Waals surface area contributed by atoms with E-state index >= 15 is 0 Å². The minimum Gasteiger partial charge on any atom is -0.355 e. The highest BCUT2D eigenvalue weighted by molar-refractivity contribution is 6.30. The van der Waals surface area contributed by atoms with Gasteiger partial charge in [0.15, 0.2) is 5.82 Å². The smallest absolute Gasteiger partial charge is 0.225 e. The molecule has 0 spiro atoms. The first-order valence-corrected chi connectivity index (χ1v) is 14.5. The van der Waals surface area contributed by atoms with Crippen LogP contribution in [0.5, 0.6) is 0 Å². The molecule has 1 amide bonds. The molecule has 0 bridgehead atoms. The predicted molar refractivity (Wildman–Crippen MR) is 160 cm³/mol. The summed E-state index contributed by atoms with van der Waals surface area (Å²) in [6.07, 6.45) is 1.69. The van der Waals surface area contributed by atoms with Crippen LogP contribution in [0.15, 0.2) is 97.1 Å². The van der Waals surface area contributed by atoms with Crippen molar-refractivity contribution in [2.45, 2.75) is 18.9 Å². The van der Waals surface area contributed by atoms with Gasteiger partial charge in [0.25, 0.3) is 0 Å². The highest BCUT2D eigenvalue weighted by Crippen LogP contribution is 2.31. The number of anilines is 1. The largest absolute Gasteiger partial charge is 0.355 e. The summed E-state index contributed by atoms with van der Waals surface area (Å²) in [5.74, 6) is 1.24. The molecule has 0 aliphatic carbocycles. The number of nitrogens with zero attached hydrogens (tertiary/aromatic N) is 5. The van der Waals surface area contributed by atoms with E-state index in [1.54, 1.807) is 0 Å². The lowest BCUT2D eigenvalue weighted by Gasteiger charge is -2.41. The van der Waals surface area contributed by atoms with Crippen LogP contribution in [-0.4, -0.2) is 65.2 Å². The molecule has 0 atom stereocenters. The van der Waals surface area contributed by atoms with Gasteiger partial charge in [0.2, 0.25) is 5.91 Å². The molecule has 40 heavy (non-hydrogen) atoms. The third kappa shape index (κ3) is 5.88. The lowest BCUT2D eigenvalue weighted by molar-refractivity contribution is -0.138. The molecule has 0 N–H and O–H groups in total. The summed E-state index contributed by atoms with van der Waals surface area (Å²) in [6, 6.07) is 33.2. The number of hydrogen-bond donors (Lipinski definition) is 0. The van der Waals surface area contributed by atoms with Crippen LogP contribution in [0.25, 0.3) is 11.3 Å². The average Bonchev–Trinajstić information content (AvgIpc) is 3.03. The summed E-state index contributed by atoms with van der Waals surface area (Å²) in [4.78, 5) is 20.3. The monoisotopic (exact) mass is 551 g/mol. The molecule has 3 heterocycles. The van der Waals surface area contributed by atoms with E-state index in [0.29, 0.717) is 10.9 Å². The van der Waals surface area contributed by atoms with Crippen molar-refractivity contribution in [3.63, 3.8) is 0 Å². The standard InChI is InChI=1S/C33H34ClN5O/c34-29-13-11-25(12-14-29)30-15-16-31(36-35-30)37-19-17-28(18-20-37)33(40)39-23-21-38(22-24-39)32(26-7-3-1-4-8-26)27-9-5-2-6-10-27/h1-16,28,32H,17-24H2. The van der Waals surface area contributed by atoms with E-state index in [1.165, 1.54) is 11.1 Å². The fraction of sp³-hybridized carbons (Fsp3) is 0.303. The molecule has 2 aliphatic rings. The van der Waals surface area contributed by atoms with Gasteiger partial charge in [-0.1, -0.05) is 84.4 Å². The number of rotatable bonds is 6. The van der Waals surface area contributed by atoms with Gasteiger partial charge in [0.1, 0.15) is 0 Å². The first kappa shape index (κ1) is 26.5. The highest BCUT2D eigenvalue weighted by Gasteiger charge is 2.33. The van der Waals surface area contributed by atoms with E-state index in [4.69, 9.17) is 11.6 Å². The van der Waals surface area contributed by atoms with E-state index in [-0.39, 0.29) is 12.0 Å². The minimum absolute atomic E-state index is 0.0724. The molecule has 7 heteroatoms. The van der Waals surface area contributed by atoms with E-state index in [1.807, 2.05) is 36.4 Å². The Morgan fingerprint density at radius 2 is 1.30 bits per heavy atom. The second-order valence-electron chi connectivity index (χ2n) is 10.6. The summed E-state index contributed by atoms with van der Waals surface area (Å²) >= 11 is 6.00. The van der Waals surface area contributed by atoms with Crippen molar-refractivity contribution in [1.82, 2.24) is 20.0 Å². The Morgan fingerprint density at radius 1 is 0.700 bits per heavy atom. The molecular weight excluding hydrogens is 518 g/mol. The van der Waals surface area contributed by atoms with Crippen molar-refractivity contribution in [3.05, 3.63) is 113 Å². The van der Waals surface area contributed by atoms with Crippen molar-refractivity contribution in [2.75, 3.05) is 44.2 Å². The zero-order valence-corrected chi connectivity index (χ0v) is 23.3. The third-order valence-electron chi connectivity index (χ3n) is 8.18. The van der Waals surface area contributed by atoms with Crippen LogP contribution in [0.4, 0.5) is 5.82 Å². The molecule has 0 unspecified atom stereocenters. The molecule has 2 saturated heterocycles. The summed E-state index contributed by atoms with van der Waals surface area (Å²) in [7, 11) is 0. The number of benzene rings is 3. The lowest BCUT2D eigenvalue weighted by Crippen LogP contribution is -2.52. The molecule has 4 aromatic rings. The fourth-order valence-corrected chi connectivity index (χ4v) is 6.09. The van der Waals surface area contributed by atoms with Crippen LogP contribution >= 0.6 is 11.6 Å². The maximum atomic E-state index is 13.5. The van der Waals surface area contributed by atoms with E-state index in [2.05, 4.69) is 85.6 Å². The molecule has 204 valence electrons. The Kier molecular flexibility index (Phi) is 8.07. The summed E-state index contributed by atoms with van der Waals surface area (Å²) in [5, 5.41) is 9.61. The van der Waals surface area contributed by atoms with Gasteiger partial charge < -0.3 is 9.80 Å². The van der Waals surface area contributed by atoms with Gasteiger partial charge in [0.05, 0.1) is 11.7 Å². The number of piperidine rings is 1. The van der Waals surface area contributed by atoms with Gasteiger partial charge in [-0.05, 0) is 48.2 Å². The highest BCUT2D eigenvalue weighted by atomic mass is 35.5. The molecule has 0 radical (unpaired) electrons. The molecule has 0 saturated carbocycles. The van der Waals surface area contributed by atoms with Crippen molar-refractivity contribution < 1.29 is 4.79 Å². The fourth-order valence-electron chi connectivity index (χ4n) is 5.97. The van der Waals surface area contributed by atoms with Crippen molar-refractivity contribution in [2.24, 2.45) is 5.92 Å². The van der Waals surface area contributed by atoms with Crippen LogP contribution in [0.1, 0.15) is 30.0 Å². The molecule has 2 aliphatic heterocycles. The van der Waals surface area contributed by atoms with Crippen LogP contribution in [0, 0.1) is 5.92 Å². The summed E-state index contributed by atoms with van der Waals surface area (Å²) in [5.41, 5.74) is 4.41. The van der Waals surface area contributed by atoms with Crippen molar-refractivity contribution in [1.29, 1.82) is 0 Å².